The van der Waals surface area contributed by atoms with Gasteiger partial charge in [0, 0.05) is 0 Å². The van der Waals surface area contributed by atoms with Gasteiger partial charge in [-0.3, -0.25) is 0 Å². The Morgan fingerprint density at radius 1 is 1.40 bits per heavy atom. The van der Waals surface area contributed by atoms with Crippen LogP contribution in [0.15, 0.2) is 0 Å². The van der Waals surface area contributed by atoms with E-state index in [4.69, 9.17) is 4.74 Å². The molecule has 0 aromatic rings. The Morgan fingerprint density at radius 2 is 2.07 bits per heavy atom. The van der Waals surface area contributed by atoms with Gasteiger partial charge in [0.2, 0.25) is 0 Å². The van der Waals surface area contributed by atoms with Crippen LogP contribution in [0.3, 0.4) is 0 Å². The number of halogens is 2. The lowest BCUT2D eigenvalue weighted by molar-refractivity contribution is 0.0733. The summed E-state index contributed by atoms with van der Waals surface area (Å²) in [6.45, 7) is -1.40. The van der Waals surface area contributed by atoms with Gasteiger partial charge in [0.05, 0.1) is 6.54 Å². The Hall–Kier alpha value is -0.870. The quantitative estimate of drug-likeness (QED) is 0.791. The molecule has 0 radical (unpaired) electrons. The van der Waals surface area contributed by atoms with Crippen molar-refractivity contribution >= 4 is 6.09 Å². The molecule has 3 nitrogen and oxygen atoms in total. The predicted octanol–water partition coefficient (Wildman–Crippen LogP) is 2.35. The highest BCUT2D eigenvalue weighted by atomic mass is 19.2. The van der Waals surface area contributed by atoms with Gasteiger partial charge in [0.1, 0.15) is 19.0 Å². The molecule has 0 aromatic heterocycles. The van der Waals surface area contributed by atoms with Crippen LogP contribution in [0.4, 0.5) is 13.6 Å². The van der Waals surface area contributed by atoms with E-state index in [9.17, 15) is 13.6 Å². The monoisotopic (exact) mass is 221 g/mol. The van der Waals surface area contributed by atoms with Crippen LogP contribution in [0.5, 0.6) is 0 Å². The Balaban J connectivity index is 2.11. The van der Waals surface area contributed by atoms with E-state index in [1.807, 2.05) is 0 Å². The number of rotatable bonds is 4. The second kappa shape index (κ2) is 6.58. The molecule has 1 rings (SSSR count). The van der Waals surface area contributed by atoms with Gasteiger partial charge in [-0.2, -0.15) is 0 Å². The van der Waals surface area contributed by atoms with E-state index in [1.165, 1.54) is 6.42 Å². The Morgan fingerprint density at radius 3 is 2.67 bits per heavy atom. The van der Waals surface area contributed by atoms with Crippen molar-refractivity contribution in [3.8, 4) is 0 Å². The summed E-state index contributed by atoms with van der Waals surface area (Å²) in [5, 5.41) is 2.20. The highest BCUT2D eigenvalue weighted by molar-refractivity contribution is 5.67. The molecule has 0 heterocycles. The van der Waals surface area contributed by atoms with Crippen LogP contribution in [-0.4, -0.2) is 31.6 Å². The third-order valence-corrected chi connectivity index (χ3v) is 2.46. The summed E-state index contributed by atoms with van der Waals surface area (Å²) in [6.07, 6.45) is 2.72. The maximum absolute atomic E-state index is 12.4. The van der Waals surface area contributed by atoms with Crippen LogP contribution >= 0.6 is 0 Å². The van der Waals surface area contributed by atoms with Crippen molar-refractivity contribution in [2.45, 2.75) is 44.4 Å². The number of alkyl halides is 2. The molecule has 0 aliphatic heterocycles. The first kappa shape index (κ1) is 12.2. The molecule has 1 amide bonds. The van der Waals surface area contributed by atoms with Crippen LogP contribution in [0.1, 0.15) is 32.1 Å². The Labute approximate surface area is 88.2 Å². The summed E-state index contributed by atoms with van der Waals surface area (Å²) in [5.74, 6) is 0. The number of carbonyl (C=O) groups excluding carboxylic acids is 1. The number of nitrogens with one attached hydrogen (secondary N) is 1. The van der Waals surface area contributed by atoms with Crippen molar-refractivity contribution in [2.75, 3.05) is 13.2 Å². The molecular formula is C10H17F2NO2. The van der Waals surface area contributed by atoms with Crippen molar-refractivity contribution in [3.05, 3.63) is 0 Å². The lowest BCUT2D eigenvalue weighted by Gasteiger charge is -2.21. The van der Waals surface area contributed by atoms with E-state index in [0.29, 0.717) is 0 Å². The molecular weight excluding hydrogens is 204 g/mol. The predicted molar refractivity (Wildman–Crippen MR) is 52.2 cm³/mol. The summed E-state index contributed by atoms with van der Waals surface area (Å²) in [4.78, 5) is 11.1. The summed E-state index contributed by atoms with van der Waals surface area (Å²) < 4.78 is 29.2. The molecule has 1 atom stereocenters. The van der Waals surface area contributed by atoms with E-state index in [2.05, 4.69) is 5.32 Å². The van der Waals surface area contributed by atoms with Crippen LogP contribution in [0.2, 0.25) is 0 Å². The molecule has 0 unspecified atom stereocenters. The minimum absolute atomic E-state index is 0.0535. The number of carbonyl (C=O) groups is 1. The van der Waals surface area contributed by atoms with E-state index >= 15 is 0 Å². The lowest BCUT2D eigenvalue weighted by Crippen LogP contribution is -2.34. The molecule has 0 spiro atoms. The third kappa shape index (κ3) is 4.95. The van der Waals surface area contributed by atoms with Gasteiger partial charge in [-0.05, 0) is 25.7 Å². The largest absolute Gasteiger partial charge is 0.446 e. The summed E-state index contributed by atoms with van der Waals surface area (Å²) in [5.41, 5.74) is 0. The second-order valence-corrected chi connectivity index (χ2v) is 3.80. The first-order valence-corrected chi connectivity index (χ1v) is 5.37. The van der Waals surface area contributed by atoms with Gasteiger partial charge in [0.25, 0.3) is 0 Å². The number of alkyl carbamates (subject to hydrolysis) is 1. The number of hydrogen-bond donors (Lipinski definition) is 1. The highest BCUT2D eigenvalue weighted by Crippen LogP contribution is 2.20. The molecule has 1 saturated carbocycles. The first-order chi connectivity index (χ1) is 7.22. The first-order valence-electron chi connectivity index (χ1n) is 5.37. The van der Waals surface area contributed by atoms with E-state index in [1.54, 1.807) is 0 Å². The topological polar surface area (TPSA) is 38.3 Å². The second-order valence-electron chi connectivity index (χ2n) is 3.80. The fourth-order valence-electron chi connectivity index (χ4n) is 1.62. The number of amides is 1. The van der Waals surface area contributed by atoms with Gasteiger partial charge in [-0.1, -0.05) is 6.42 Å². The zero-order chi connectivity index (χ0) is 11.1. The summed E-state index contributed by atoms with van der Waals surface area (Å²) >= 11 is 0. The van der Waals surface area contributed by atoms with Crippen LogP contribution in [-0.2, 0) is 4.74 Å². The van der Waals surface area contributed by atoms with Gasteiger partial charge in [-0.25, -0.2) is 13.6 Å². The van der Waals surface area contributed by atoms with Crippen LogP contribution in [0.25, 0.3) is 0 Å². The SMILES string of the molecule is O=C(NC[C@@H](F)CF)OC1CCCCC1. The average Bonchev–Trinajstić information content (AvgIpc) is 2.27. The molecule has 1 N–H and O–H groups in total. The molecule has 88 valence electrons. The standard InChI is InChI=1S/C10H17F2NO2/c11-6-8(12)7-13-10(14)15-9-4-2-1-3-5-9/h8-9H,1-7H2,(H,13,14)/t8-/m0/s1. The zero-order valence-electron chi connectivity index (χ0n) is 8.68. The van der Waals surface area contributed by atoms with Gasteiger partial charge in [-0.15, -0.1) is 0 Å². The third-order valence-electron chi connectivity index (χ3n) is 2.46. The van der Waals surface area contributed by atoms with Crippen LogP contribution in [0, 0.1) is 0 Å². The van der Waals surface area contributed by atoms with E-state index < -0.39 is 18.9 Å². The Kier molecular flexibility index (Phi) is 5.36. The van der Waals surface area contributed by atoms with Gasteiger partial charge in [0.15, 0.2) is 0 Å². The zero-order valence-corrected chi connectivity index (χ0v) is 8.68. The minimum Gasteiger partial charge on any atom is -0.446 e. The maximum Gasteiger partial charge on any atom is 0.407 e. The fourth-order valence-corrected chi connectivity index (χ4v) is 1.62. The molecule has 1 aliphatic carbocycles. The summed E-state index contributed by atoms with van der Waals surface area (Å²) in [6, 6.07) is 0. The minimum atomic E-state index is -1.64. The normalized spacial score (nSPS) is 19.6. The Bertz CT molecular complexity index is 196. The molecule has 5 heteroatoms. The van der Waals surface area contributed by atoms with Gasteiger partial charge < -0.3 is 10.1 Å². The highest BCUT2D eigenvalue weighted by Gasteiger charge is 2.18. The molecule has 0 saturated heterocycles. The van der Waals surface area contributed by atoms with E-state index in [0.717, 1.165) is 25.7 Å². The average molecular weight is 221 g/mol. The van der Waals surface area contributed by atoms with Gasteiger partial charge >= 0.3 is 6.09 Å². The fraction of sp³-hybridized carbons (Fsp3) is 0.900. The smallest absolute Gasteiger partial charge is 0.407 e. The lowest BCUT2D eigenvalue weighted by atomic mass is 9.98. The number of ether oxygens (including phenoxy) is 1. The van der Waals surface area contributed by atoms with Crippen molar-refractivity contribution < 1.29 is 18.3 Å². The molecule has 1 fully saturated rings. The maximum atomic E-state index is 12.4. The van der Waals surface area contributed by atoms with Crippen molar-refractivity contribution in [1.29, 1.82) is 0 Å². The van der Waals surface area contributed by atoms with Crippen molar-refractivity contribution in [3.63, 3.8) is 0 Å². The molecule has 1 aliphatic rings. The van der Waals surface area contributed by atoms with Crippen LogP contribution < -0.4 is 5.32 Å². The summed E-state index contributed by atoms with van der Waals surface area (Å²) in [7, 11) is 0. The number of hydrogen-bond acceptors (Lipinski definition) is 2. The van der Waals surface area contributed by atoms with Crippen molar-refractivity contribution in [2.24, 2.45) is 0 Å². The molecule has 0 bridgehead atoms. The van der Waals surface area contributed by atoms with E-state index in [-0.39, 0.29) is 12.6 Å². The molecule has 15 heavy (non-hydrogen) atoms. The molecule has 0 aromatic carbocycles. The van der Waals surface area contributed by atoms with Crippen molar-refractivity contribution in [1.82, 2.24) is 5.32 Å².